The highest BCUT2D eigenvalue weighted by molar-refractivity contribution is 5.74. The molecule has 1 rings (SSSR count). The lowest BCUT2D eigenvalue weighted by Crippen LogP contribution is -2.41. The Hall–Kier alpha value is -1.69. The van der Waals surface area contributed by atoms with Gasteiger partial charge in [-0.05, 0) is 24.6 Å². The van der Waals surface area contributed by atoms with Gasteiger partial charge in [-0.1, -0.05) is 6.92 Å². The first kappa shape index (κ1) is 15.4. The number of nitrogens with one attached hydrogen (secondary N) is 1. The molecule has 2 N–H and O–H groups in total. The first-order chi connectivity index (χ1) is 9.08. The van der Waals surface area contributed by atoms with E-state index < -0.39 is 17.7 Å². The minimum Gasteiger partial charge on any atom is -0.395 e. The van der Waals surface area contributed by atoms with Gasteiger partial charge in [-0.3, -0.25) is 0 Å². The van der Waals surface area contributed by atoms with Gasteiger partial charge in [0.2, 0.25) is 0 Å². The van der Waals surface area contributed by atoms with Crippen LogP contribution in [0.3, 0.4) is 0 Å². The third-order valence-electron chi connectivity index (χ3n) is 2.59. The second-order valence-corrected chi connectivity index (χ2v) is 4.11. The molecule has 0 bridgehead atoms. The monoisotopic (exact) mass is 272 g/mol. The Bertz CT molecular complexity index is 421. The number of halogens is 2. The molecule has 1 aromatic rings. The first-order valence-corrected chi connectivity index (χ1v) is 6.16. The molecule has 2 amide bonds. The second kappa shape index (κ2) is 7.68. The molecule has 0 radical (unpaired) electrons. The third kappa shape index (κ3) is 4.82. The number of hydrogen-bond donors (Lipinski definition) is 2. The molecule has 19 heavy (non-hydrogen) atoms. The van der Waals surface area contributed by atoms with E-state index in [9.17, 15) is 13.6 Å². The van der Waals surface area contributed by atoms with E-state index in [-0.39, 0.29) is 25.3 Å². The molecule has 1 aromatic carbocycles. The van der Waals surface area contributed by atoms with E-state index in [1.54, 1.807) is 0 Å². The van der Waals surface area contributed by atoms with Crippen LogP contribution in [0, 0.1) is 11.6 Å². The lowest BCUT2D eigenvalue weighted by atomic mass is 10.2. The number of nitrogens with zero attached hydrogens (tertiary/aromatic N) is 1. The number of amides is 2. The Morgan fingerprint density at radius 3 is 2.74 bits per heavy atom. The zero-order chi connectivity index (χ0) is 14.3. The van der Waals surface area contributed by atoms with Crippen molar-refractivity contribution in [2.75, 3.05) is 19.7 Å². The summed E-state index contributed by atoms with van der Waals surface area (Å²) >= 11 is 0. The van der Waals surface area contributed by atoms with Crippen molar-refractivity contribution in [1.82, 2.24) is 10.2 Å². The van der Waals surface area contributed by atoms with E-state index in [1.807, 2.05) is 6.92 Å². The molecule has 106 valence electrons. The van der Waals surface area contributed by atoms with Gasteiger partial charge in [0.05, 0.1) is 6.61 Å². The summed E-state index contributed by atoms with van der Waals surface area (Å²) in [5.74, 6) is -1.11. The maximum Gasteiger partial charge on any atom is 0.317 e. The molecule has 6 heteroatoms. The van der Waals surface area contributed by atoms with Crippen LogP contribution < -0.4 is 5.32 Å². The highest BCUT2D eigenvalue weighted by atomic mass is 19.1. The predicted octanol–water partition coefficient (Wildman–Crippen LogP) is 1.88. The van der Waals surface area contributed by atoms with Crippen LogP contribution in [0.5, 0.6) is 0 Å². The van der Waals surface area contributed by atoms with Gasteiger partial charge >= 0.3 is 6.03 Å². The van der Waals surface area contributed by atoms with Crippen LogP contribution in [0.25, 0.3) is 0 Å². The fourth-order valence-electron chi connectivity index (χ4n) is 1.67. The molecule has 0 aromatic heterocycles. The van der Waals surface area contributed by atoms with E-state index in [4.69, 9.17) is 5.11 Å². The number of carbonyl (C=O) groups is 1. The average molecular weight is 272 g/mol. The molecule has 0 atom stereocenters. The Labute approximate surface area is 111 Å². The van der Waals surface area contributed by atoms with E-state index in [2.05, 4.69) is 5.32 Å². The molecule has 0 spiro atoms. The summed E-state index contributed by atoms with van der Waals surface area (Å²) in [7, 11) is 0. The highest BCUT2D eigenvalue weighted by Crippen LogP contribution is 2.09. The maximum atomic E-state index is 13.3. The van der Waals surface area contributed by atoms with Crippen LogP contribution >= 0.6 is 0 Å². The summed E-state index contributed by atoms with van der Waals surface area (Å²) in [6.07, 6.45) is 0.752. The van der Waals surface area contributed by atoms with Crippen LogP contribution in [0.2, 0.25) is 0 Å². The minimum atomic E-state index is -0.564. The molecule has 0 aliphatic carbocycles. The molecule has 4 nitrogen and oxygen atoms in total. The SMILES string of the molecule is CCCN(CCO)C(=O)NCc1cc(F)ccc1F. The largest absolute Gasteiger partial charge is 0.395 e. The van der Waals surface area contributed by atoms with Crippen LogP contribution in [-0.2, 0) is 6.54 Å². The molecule has 0 fully saturated rings. The van der Waals surface area contributed by atoms with Crippen molar-refractivity contribution in [3.63, 3.8) is 0 Å². The number of benzene rings is 1. The van der Waals surface area contributed by atoms with Crippen molar-refractivity contribution in [2.45, 2.75) is 19.9 Å². The van der Waals surface area contributed by atoms with E-state index >= 15 is 0 Å². The molecule has 0 heterocycles. The Morgan fingerprint density at radius 1 is 1.37 bits per heavy atom. The van der Waals surface area contributed by atoms with Crippen molar-refractivity contribution in [2.24, 2.45) is 0 Å². The lowest BCUT2D eigenvalue weighted by molar-refractivity contribution is 0.177. The normalized spacial score (nSPS) is 10.3. The second-order valence-electron chi connectivity index (χ2n) is 4.11. The molecular weight excluding hydrogens is 254 g/mol. The minimum absolute atomic E-state index is 0.0892. The standard InChI is InChI=1S/C13H18F2N2O2/c1-2-5-17(6-7-18)13(19)16-9-10-8-11(14)3-4-12(10)15/h3-4,8,18H,2,5-7,9H2,1H3,(H,16,19). The predicted molar refractivity (Wildman–Crippen MR) is 67.5 cm³/mol. The zero-order valence-corrected chi connectivity index (χ0v) is 10.8. The van der Waals surface area contributed by atoms with Gasteiger partial charge in [0, 0.05) is 25.2 Å². The van der Waals surface area contributed by atoms with Crippen LogP contribution in [-0.4, -0.2) is 35.7 Å². The molecule has 0 aliphatic heterocycles. The molecule has 0 saturated carbocycles. The third-order valence-corrected chi connectivity index (χ3v) is 2.59. The van der Waals surface area contributed by atoms with Crippen LogP contribution in [0.4, 0.5) is 13.6 Å². The van der Waals surface area contributed by atoms with Gasteiger partial charge < -0.3 is 15.3 Å². The molecule has 0 unspecified atom stereocenters. The van der Waals surface area contributed by atoms with Crippen molar-refractivity contribution in [1.29, 1.82) is 0 Å². The van der Waals surface area contributed by atoms with Gasteiger partial charge in [-0.15, -0.1) is 0 Å². The fourth-order valence-corrected chi connectivity index (χ4v) is 1.67. The van der Waals surface area contributed by atoms with Crippen molar-refractivity contribution < 1.29 is 18.7 Å². The van der Waals surface area contributed by atoms with Gasteiger partial charge in [0.1, 0.15) is 11.6 Å². The lowest BCUT2D eigenvalue weighted by Gasteiger charge is -2.21. The van der Waals surface area contributed by atoms with E-state index in [0.29, 0.717) is 6.54 Å². The fraction of sp³-hybridized carbons (Fsp3) is 0.462. The average Bonchev–Trinajstić information content (AvgIpc) is 2.39. The number of carbonyl (C=O) groups excluding carboxylic acids is 1. The summed E-state index contributed by atoms with van der Waals surface area (Å²) in [4.78, 5) is 13.2. The van der Waals surface area contributed by atoms with Crippen molar-refractivity contribution in [3.05, 3.63) is 35.4 Å². The number of aliphatic hydroxyl groups excluding tert-OH is 1. The van der Waals surface area contributed by atoms with Gasteiger partial charge in [-0.2, -0.15) is 0 Å². The smallest absolute Gasteiger partial charge is 0.317 e. The Kier molecular flexibility index (Phi) is 6.21. The molecular formula is C13H18F2N2O2. The summed E-state index contributed by atoms with van der Waals surface area (Å²) < 4.78 is 26.3. The zero-order valence-electron chi connectivity index (χ0n) is 10.8. The quantitative estimate of drug-likeness (QED) is 0.830. The van der Waals surface area contributed by atoms with Gasteiger partial charge in [-0.25, -0.2) is 13.6 Å². The van der Waals surface area contributed by atoms with Crippen LogP contribution in [0.15, 0.2) is 18.2 Å². The van der Waals surface area contributed by atoms with Gasteiger partial charge in [0.15, 0.2) is 0 Å². The number of rotatable bonds is 6. The highest BCUT2D eigenvalue weighted by Gasteiger charge is 2.12. The van der Waals surface area contributed by atoms with E-state index in [1.165, 1.54) is 4.90 Å². The topological polar surface area (TPSA) is 52.6 Å². The number of aliphatic hydroxyl groups is 1. The first-order valence-electron chi connectivity index (χ1n) is 6.16. The van der Waals surface area contributed by atoms with Crippen LogP contribution in [0.1, 0.15) is 18.9 Å². The summed E-state index contributed by atoms with van der Waals surface area (Å²) in [5, 5.41) is 11.4. The number of hydrogen-bond acceptors (Lipinski definition) is 2. The van der Waals surface area contributed by atoms with Gasteiger partial charge in [0.25, 0.3) is 0 Å². The Morgan fingerprint density at radius 2 is 2.11 bits per heavy atom. The summed E-state index contributed by atoms with van der Waals surface area (Å²) in [6.45, 7) is 2.39. The van der Waals surface area contributed by atoms with Crippen molar-refractivity contribution in [3.8, 4) is 0 Å². The van der Waals surface area contributed by atoms with E-state index in [0.717, 1.165) is 24.6 Å². The molecule has 0 saturated heterocycles. The summed E-state index contributed by atoms with van der Waals surface area (Å²) in [5.41, 5.74) is 0.0915. The van der Waals surface area contributed by atoms with Crippen molar-refractivity contribution >= 4 is 6.03 Å². The maximum absolute atomic E-state index is 13.3. The summed E-state index contributed by atoms with van der Waals surface area (Å²) in [6, 6.07) is 2.69. The number of urea groups is 1. The Balaban J connectivity index is 2.59. The molecule has 0 aliphatic rings.